The number of halogens is 1. The number of benzene rings is 2. The lowest BCUT2D eigenvalue weighted by molar-refractivity contribution is 0.100. The van der Waals surface area contributed by atoms with Gasteiger partial charge in [-0.05, 0) is 42.7 Å². The lowest BCUT2D eigenvalue weighted by Gasteiger charge is -2.37. The highest BCUT2D eigenvalue weighted by molar-refractivity contribution is 6.30. The number of imidazole rings is 1. The fraction of sp³-hybridized carbons (Fsp3) is 0.385. The molecule has 0 atom stereocenters. The third kappa shape index (κ3) is 5.40. The van der Waals surface area contributed by atoms with Crippen LogP contribution < -0.4 is 4.74 Å². The van der Waals surface area contributed by atoms with Crippen molar-refractivity contribution in [3.05, 3.63) is 83.4 Å². The van der Waals surface area contributed by atoms with Crippen molar-refractivity contribution >= 4 is 17.4 Å². The summed E-state index contributed by atoms with van der Waals surface area (Å²) in [5.74, 6) is 1.62. The van der Waals surface area contributed by atoms with Crippen LogP contribution >= 0.6 is 11.6 Å². The maximum atomic E-state index is 6.23. The smallest absolute Gasteiger partial charge is 0.169 e. The molecule has 2 fully saturated rings. The number of hydrazone groups is 1. The van der Waals surface area contributed by atoms with Gasteiger partial charge in [0.05, 0.1) is 5.56 Å². The first-order chi connectivity index (χ1) is 16.3. The van der Waals surface area contributed by atoms with Crippen LogP contribution in [0.15, 0.2) is 72.4 Å². The van der Waals surface area contributed by atoms with Crippen molar-refractivity contribution in [1.29, 1.82) is 0 Å². The first kappa shape index (κ1) is 22.0. The van der Waals surface area contributed by atoms with Crippen molar-refractivity contribution in [2.75, 3.05) is 26.2 Å². The van der Waals surface area contributed by atoms with E-state index in [9.17, 15) is 0 Å². The molecule has 1 aromatic heterocycles. The Labute approximate surface area is 200 Å². The molecule has 3 aromatic rings. The van der Waals surface area contributed by atoms with Gasteiger partial charge in [0.25, 0.3) is 0 Å². The predicted octanol–water partition coefficient (Wildman–Crippen LogP) is 4.89. The van der Waals surface area contributed by atoms with Gasteiger partial charge in [0, 0.05) is 49.6 Å². The Morgan fingerprint density at radius 1 is 1.00 bits per heavy atom. The highest BCUT2D eigenvalue weighted by atomic mass is 35.5. The molecule has 33 heavy (non-hydrogen) atoms. The molecule has 5 rings (SSSR count). The number of aromatic nitrogens is 2. The van der Waals surface area contributed by atoms with Gasteiger partial charge in [-0.25, -0.2) is 4.98 Å². The highest BCUT2D eigenvalue weighted by Gasteiger charge is 2.26. The molecule has 7 heteroatoms. The summed E-state index contributed by atoms with van der Waals surface area (Å²) >= 11 is 6.02. The van der Waals surface area contributed by atoms with Gasteiger partial charge in [0.15, 0.2) is 5.84 Å². The topological polar surface area (TPSA) is 45.9 Å². The summed E-state index contributed by atoms with van der Waals surface area (Å²) in [6, 6.07) is 16.6. The van der Waals surface area contributed by atoms with Gasteiger partial charge in [-0.1, -0.05) is 48.7 Å². The van der Waals surface area contributed by atoms with Crippen molar-refractivity contribution in [2.45, 2.75) is 38.3 Å². The molecule has 0 radical (unpaired) electrons. The Morgan fingerprint density at radius 3 is 2.48 bits per heavy atom. The van der Waals surface area contributed by atoms with Gasteiger partial charge < -0.3 is 4.74 Å². The molecule has 1 aliphatic heterocycles. The second-order valence-electron chi connectivity index (χ2n) is 8.73. The van der Waals surface area contributed by atoms with Crippen LogP contribution in [0.2, 0.25) is 5.02 Å². The predicted molar refractivity (Wildman–Crippen MR) is 132 cm³/mol. The molecule has 0 amide bonds. The Bertz CT molecular complexity index is 1050. The Hall–Kier alpha value is -2.83. The van der Waals surface area contributed by atoms with Crippen molar-refractivity contribution in [3.63, 3.8) is 0 Å². The zero-order chi connectivity index (χ0) is 22.5. The summed E-state index contributed by atoms with van der Waals surface area (Å²) in [6.45, 7) is 4.47. The molecule has 0 N–H and O–H groups in total. The number of nitrogens with zero attached hydrogens (tertiary/aromatic N) is 5. The zero-order valence-electron chi connectivity index (χ0n) is 18.8. The van der Waals surface area contributed by atoms with E-state index < -0.39 is 0 Å². The first-order valence-electron chi connectivity index (χ1n) is 11.8. The lowest BCUT2D eigenvalue weighted by atomic mass is 10.1. The fourth-order valence-corrected chi connectivity index (χ4v) is 4.85. The number of para-hydroxylation sites is 1. The van der Waals surface area contributed by atoms with Crippen molar-refractivity contribution in [3.8, 4) is 5.75 Å². The average molecular weight is 464 g/mol. The van der Waals surface area contributed by atoms with Gasteiger partial charge in [-0.2, -0.15) is 5.10 Å². The Kier molecular flexibility index (Phi) is 6.93. The lowest BCUT2D eigenvalue weighted by Crippen LogP contribution is -2.48. The van der Waals surface area contributed by atoms with Crippen LogP contribution in [0.1, 0.15) is 36.8 Å². The number of hydrogen-bond acceptors (Lipinski definition) is 5. The second kappa shape index (κ2) is 10.4. The zero-order valence-corrected chi connectivity index (χ0v) is 19.6. The van der Waals surface area contributed by atoms with Crippen LogP contribution in [0.3, 0.4) is 0 Å². The minimum atomic E-state index is 0.464. The number of piperazine rings is 1. The maximum absolute atomic E-state index is 6.23. The summed E-state index contributed by atoms with van der Waals surface area (Å²) in [6.07, 6.45) is 11.0. The number of ether oxygens (including phenoxy) is 1. The largest absolute Gasteiger partial charge is 0.488 e. The van der Waals surface area contributed by atoms with E-state index in [-0.39, 0.29) is 0 Å². The summed E-state index contributed by atoms with van der Waals surface area (Å²) < 4.78 is 8.20. The van der Waals surface area contributed by atoms with Crippen molar-refractivity contribution in [2.24, 2.45) is 5.10 Å². The Balaban J connectivity index is 1.35. The summed E-state index contributed by atoms with van der Waals surface area (Å²) in [5, 5.41) is 8.00. The average Bonchev–Trinajstić information content (AvgIpc) is 3.58. The highest BCUT2D eigenvalue weighted by Crippen LogP contribution is 2.25. The van der Waals surface area contributed by atoms with E-state index in [4.69, 9.17) is 21.4 Å². The third-order valence-electron chi connectivity index (χ3n) is 6.55. The molecule has 1 saturated carbocycles. The van der Waals surface area contributed by atoms with Crippen LogP contribution in [0.25, 0.3) is 0 Å². The molecule has 1 saturated heterocycles. The van der Waals surface area contributed by atoms with E-state index in [1.165, 1.54) is 25.7 Å². The monoisotopic (exact) mass is 463 g/mol. The molecule has 1 aliphatic carbocycles. The molecule has 0 unspecified atom stereocenters. The minimum absolute atomic E-state index is 0.464. The van der Waals surface area contributed by atoms with E-state index in [1.54, 1.807) is 12.5 Å². The standard InChI is InChI=1S/C26H30ClN5O/c27-22-11-9-21(10-12-22)19-33-25-8-4-3-7-24(25)26(31-14-13-28-20-31)29-32-17-15-30(16-18-32)23-5-1-2-6-23/h3-4,7-14,20,23H,1-2,5-6,15-19H2/b29-26-. The summed E-state index contributed by atoms with van der Waals surface area (Å²) in [5.41, 5.74) is 2.01. The normalized spacial score (nSPS) is 18.1. The van der Waals surface area contributed by atoms with Gasteiger partial charge in [-0.15, -0.1) is 0 Å². The van der Waals surface area contributed by atoms with Crippen LogP contribution in [-0.2, 0) is 6.61 Å². The molecular weight excluding hydrogens is 434 g/mol. The van der Waals surface area contributed by atoms with E-state index in [0.717, 1.165) is 60.0 Å². The van der Waals surface area contributed by atoms with E-state index in [1.807, 2.05) is 53.2 Å². The van der Waals surface area contributed by atoms with Crippen LogP contribution in [0.4, 0.5) is 0 Å². The van der Waals surface area contributed by atoms with Crippen molar-refractivity contribution < 1.29 is 4.74 Å². The quantitative estimate of drug-likeness (QED) is 0.386. The molecule has 0 bridgehead atoms. The van der Waals surface area contributed by atoms with Crippen molar-refractivity contribution in [1.82, 2.24) is 19.5 Å². The van der Waals surface area contributed by atoms with E-state index in [2.05, 4.69) is 21.0 Å². The van der Waals surface area contributed by atoms with Gasteiger partial charge >= 0.3 is 0 Å². The van der Waals surface area contributed by atoms with Crippen LogP contribution in [-0.4, -0.2) is 57.5 Å². The van der Waals surface area contributed by atoms with E-state index >= 15 is 0 Å². The molecule has 6 nitrogen and oxygen atoms in total. The van der Waals surface area contributed by atoms with E-state index in [0.29, 0.717) is 6.61 Å². The van der Waals surface area contributed by atoms with Gasteiger partial charge in [0.2, 0.25) is 0 Å². The number of rotatable bonds is 6. The van der Waals surface area contributed by atoms with Gasteiger partial charge in [0.1, 0.15) is 18.7 Å². The second-order valence-corrected chi connectivity index (χ2v) is 9.17. The molecule has 172 valence electrons. The molecule has 2 aromatic carbocycles. The minimum Gasteiger partial charge on any atom is -0.488 e. The number of hydrogen-bond donors (Lipinski definition) is 0. The summed E-state index contributed by atoms with van der Waals surface area (Å²) in [4.78, 5) is 6.91. The van der Waals surface area contributed by atoms with Crippen LogP contribution in [0.5, 0.6) is 5.75 Å². The SMILES string of the molecule is Clc1ccc(COc2ccccc2/C(=N/N2CCN(C3CCCC3)CC2)n2ccnc2)cc1. The summed E-state index contributed by atoms with van der Waals surface area (Å²) in [7, 11) is 0. The Morgan fingerprint density at radius 2 is 1.76 bits per heavy atom. The fourth-order valence-electron chi connectivity index (χ4n) is 4.73. The van der Waals surface area contributed by atoms with Crippen LogP contribution in [0, 0.1) is 0 Å². The third-order valence-corrected chi connectivity index (χ3v) is 6.80. The molecule has 2 heterocycles. The molecular formula is C26H30ClN5O. The maximum Gasteiger partial charge on any atom is 0.169 e. The first-order valence-corrected chi connectivity index (χ1v) is 12.2. The van der Waals surface area contributed by atoms with Gasteiger partial charge in [-0.3, -0.25) is 14.5 Å². The molecule has 0 spiro atoms. The molecule has 2 aliphatic rings.